The first kappa shape index (κ1) is 22.9. The van der Waals surface area contributed by atoms with E-state index in [1.54, 1.807) is 45.4 Å². The predicted molar refractivity (Wildman–Crippen MR) is 114 cm³/mol. The number of hydrogen-bond donors (Lipinski definition) is 4. The van der Waals surface area contributed by atoms with E-state index in [4.69, 9.17) is 11.5 Å². The highest BCUT2D eigenvalue weighted by Gasteiger charge is 2.42. The number of para-hydroxylation sites is 1. The fourth-order valence-corrected chi connectivity index (χ4v) is 4.38. The van der Waals surface area contributed by atoms with E-state index in [-0.39, 0.29) is 5.92 Å². The molecule has 1 aromatic heterocycles. The number of H-pyrrole nitrogens is 1. The summed E-state index contributed by atoms with van der Waals surface area (Å²) in [4.78, 5) is 41.1. The zero-order chi connectivity index (χ0) is 21.9. The van der Waals surface area contributed by atoms with Crippen LogP contribution in [0.2, 0.25) is 0 Å². The summed E-state index contributed by atoms with van der Waals surface area (Å²) in [5.74, 6) is -3.52. The number of amides is 1. The lowest BCUT2D eigenvalue weighted by atomic mass is 9.81. The predicted octanol–water partition coefficient (Wildman–Crippen LogP) is 1.71. The zero-order valence-electron chi connectivity index (χ0n) is 17.0. The molecule has 2 unspecified atom stereocenters. The first-order valence-electron chi connectivity index (χ1n) is 9.32. The highest BCUT2D eigenvalue weighted by molar-refractivity contribution is 7.96. The Balaban J connectivity index is 2.60. The number of carbonyl (C=O) groups excluding carboxylic acids is 2. The summed E-state index contributed by atoms with van der Waals surface area (Å²) in [6.07, 6.45) is 3.30. The molecule has 4 atom stereocenters. The normalized spacial score (nSPS) is 15.7. The maximum absolute atomic E-state index is 13.7. The van der Waals surface area contributed by atoms with Crippen LogP contribution in [0.1, 0.15) is 32.3 Å². The van der Waals surface area contributed by atoms with Crippen molar-refractivity contribution < 1.29 is 19.5 Å². The number of fused-ring (bicyclic) bond motifs is 1. The van der Waals surface area contributed by atoms with Crippen molar-refractivity contribution in [2.75, 3.05) is 6.26 Å². The van der Waals surface area contributed by atoms with Gasteiger partial charge in [-0.15, -0.1) is 0 Å². The summed E-state index contributed by atoms with van der Waals surface area (Å²) < 4.78 is 1.34. The van der Waals surface area contributed by atoms with Gasteiger partial charge in [-0.25, -0.2) is 0 Å². The number of nitrogens with two attached hydrogens (primary N) is 2. The lowest BCUT2D eigenvalue weighted by Crippen LogP contribution is -2.53. The average molecular weight is 421 g/mol. The molecule has 8 nitrogen and oxygen atoms in total. The zero-order valence-corrected chi connectivity index (χ0v) is 17.8. The van der Waals surface area contributed by atoms with Crippen molar-refractivity contribution in [3.05, 3.63) is 36.0 Å². The second-order valence-electron chi connectivity index (χ2n) is 7.36. The van der Waals surface area contributed by atoms with E-state index in [0.29, 0.717) is 5.56 Å². The van der Waals surface area contributed by atoms with Crippen LogP contribution in [-0.4, -0.2) is 56.4 Å². The van der Waals surface area contributed by atoms with Gasteiger partial charge in [0, 0.05) is 23.4 Å². The van der Waals surface area contributed by atoms with Crippen molar-refractivity contribution in [2.45, 2.75) is 44.8 Å². The molecule has 1 amide bonds. The molecule has 9 heteroatoms. The molecular weight excluding hydrogens is 392 g/mol. The van der Waals surface area contributed by atoms with Crippen molar-refractivity contribution in [2.24, 2.45) is 17.4 Å². The van der Waals surface area contributed by atoms with Crippen molar-refractivity contribution >= 4 is 40.5 Å². The first-order valence-corrected chi connectivity index (χ1v) is 10.5. The summed E-state index contributed by atoms with van der Waals surface area (Å²) in [5.41, 5.74) is 13.0. The molecule has 0 bridgehead atoms. The molecule has 29 heavy (non-hydrogen) atoms. The Morgan fingerprint density at radius 3 is 2.28 bits per heavy atom. The van der Waals surface area contributed by atoms with Crippen LogP contribution >= 0.6 is 11.9 Å². The van der Waals surface area contributed by atoms with Gasteiger partial charge in [-0.2, -0.15) is 0 Å². The topological polar surface area (TPSA) is 143 Å². The lowest BCUT2D eigenvalue weighted by molar-refractivity contribution is -0.142. The number of ketones is 1. The van der Waals surface area contributed by atoms with Crippen molar-refractivity contribution in [3.8, 4) is 0 Å². The maximum Gasteiger partial charge on any atom is 0.321 e. The van der Waals surface area contributed by atoms with Crippen molar-refractivity contribution in [3.63, 3.8) is 0 Å². The average Bonchev–Trinajstić information content (AvgIpc) is 3.08. The van der Waals surface area contributed by atoms with Crippen LogP contribution in [-0.2, 0) is 14.4 Å². The Hall–Kier alpha value is -2.36. The SMILES string of the molecule is CSN(C(=O)C(C)N)[C@H](C(=O)C(c1c[nH]c2ccccc12)[C@H](N)C(=O)O)C(C)C. The van der Waals surface area contributed by atoms with E-state index in [1.807, 2.05) is 12.1 Å². The molecule has 158 valence electrons. The molecule has 2 aromatic rings. The first-order chi connectivity index (χ1) is 13.6. The molecule has 0 fully saturated rings. The van der Waals surface area contributed by atoms with Gasteiger partial charge in [-0.05, 0) is 24.5 Å². The summed E-state index contributed by atoms with van der Waals surface area (Å²) in [5, 5.41) is 10.3. The standard InChI is InChI=1S/C20H28N4O4S/c1-10(2)17(24(29-4)19(26)11(3)21)18(25)15(16(22)20(27)28)13-9-23-14-8-6-5-7-12(13)14/h5-11,15-17,23H,21-22H2,1-4H3,(H,27,28)/t11?,15?,16-,17-/m0/s1. The molecule has 0 aliphatic heterocycles. The van der Waals surface area contributed by atoms with Gasteiger partial charge < -0.3 is 21.6 Å². The Morgan fingerprint density at radius 2 is 1.76 bits per heavy atom. The van der Waals surface area contributed by atoms with Gasteiger partial charge in [0.25, 0.3) is 0 Å². The number of nitrogens with one attached hydrogen (secondary N) is 1. The lowest BCUT2D eigenvalue weighted by Gasteiger charge is -2.35. The van der Waals surface area contributed by atoms with E-state index >= 15 is 0 Å². The second-order valence-corrected chi connectivity index (χ2v) is 8.12. The number of nitrogens with zero attached hydrogens (tertiary/aromatic N) is 1. The molecule has 1 aromatic carbocycles. The molecule has 1 heterocycles. The smallest absolute Gasteiger partial charge is 0.321 e. The Kier molecular flexibility index (Phi) is 7.45. The number of Topliss-reactive ketones (excluding diaryl/α,β-unsaturated/α-hetero) is 1. The number of benzene rings is 1. The van der Waals surface area contributed by atoms with Crippen LogP contribution in [0.15, 0.2) is 30.5 Å². The number of carbonyl (C=O) groups is 3. The second kappa shape index (κ2) is 9.43. The minimum Gasteiger partial charge on any atom is -0.480 e. The molecule has 0 saturated heterocycles. The van der Waals surface area contributed by atoms with Gasteiger partial charge in [0.1, 0.15) is 12.1 Å². The van der Waals surface area contributed by atoms with Crippen LogP contribution in [0.25, 0.3) is 10.9 Å². The van der Waals surface area contributed by atoms with Gasteiger partial charge in [0.15, 0.2) is 5.78 Å². The summed E-state index contributed by atoms with van der Waals surface area (Å²) in [6.45, 7) is 5.16. The van der Waals surface area contributed by atoms with Gasteiger partial charge in [-0.3, -0.25) is 18.7 Å². The third kappa shape index (κ3) is 4.63. The molecule has 0 saturated carbocycles. The largest absolute Gasteiger partial charge is 0.480 e. The number of aliphatic carboxylic acids is 1. The van der Waals surface area contributed by atoms with Crippen LogP contribution in [0, 0.1) is 5.92 Å². The fraction of sp³-hybridized carbons (Fsp3) is 0.450. The fourth-order valence-electron chi connectivity index (χ4n) is 3.46. The van der Waals surface area contributed by atoms with Crippen molar-refractivity contribution in [1.29, 1.82) is 0 Å². The highest BCUT2D eigenvalue weighted by atomic mass is 32.2. The van der Waals surface area contributed by atoms with Crippen LogP contribution in [0.5, 0.6) is 0 Å². The molecule has 0 aliphatic carbocycles. The Morgan fingerprint density at radius 1 is 1.14 bits per heavy atom. The van der Waals surface area contributed by atoms with E-state index in [1.165, 1.54) is 4.31 Å². The summed E-state index contributed by atoms with van der Waals surface area (Å²) >= 11 is 1.10. The number of carboxylic acids is 1. The van der Waals surface area contributed by atoms with E-state index < -0.39 is 41.7 Å². The third-order valence-corrected chi connectivity index (χ3v) is 5.69. The molecule has 0 aliphatic rings. The molecule has 2 rings (SSSR count). The van der Waals surface area contributed by atoms with Gasteiger partial charge in [0.2, 0.25) is 5.91 Å². The van der Waals surface area contributed by atoms with Crippen LogP contribution < -0.4 is 11.5 Å². The van der Waals surface area contributed by atoms with E-state index in [0.717, 1.165) is 22.9 Å². The van der Waals surface area contributed by atoms with Gasteiger partial charge in [-0.1, -0.05) is 44.0 Å². The molecular formula is C20H28N4O4S. The summed E-state index contributed by atoms with van der Waals surface area (Å²) in [7, 11) is 0. The van der Waals surface area contributed by atoms with E-state index in [2.05, 4.69) is 4.98 Å². The minimum atomic E-state index is -1.46. The minimum absolute atomic E-state index is 0.272. The number of hydrogen-bond acceptors (Lipinski definition) is 6. The molecule has 6 N–H and O–H groups in total. The van der Waals surface area contributed by atoms with Gasteiger partial charge >= 0.3 is 5.97 Å². The Bertz CT molecular complexity index is 895. The molecule has 0 spiro atoms. The third-order valence-electron chi connectivity index (χ3n) is 4.89. The Labute approximate surface area is 174 Å². The van der Waals surface area contributed by atoms with Crippen molar-refractivity contribution in [1.82, 2.24) is 9.29 Å². The number of carboxylic acid groups (broad SMARTS) is 1. The van der Waals surface area contributed by atoms with Crippen LogP contribution in [0.4, 0.5) is 0 Å². The van der Waals surface area contributed by atoms with Crippen LogP contribution in [0.3, 0.4) is 0 Å². The van der Waals surface area contributed by atoms with E-state index in [9.17, 15) is 19.5 Å². The maximum atomic E-state index is 13.7. The monoisotopic (exact) mass is 420 g/mol. The highest BCUT2D eigenvalue weighted by Crippen LogP contribution is 2.33. The summed E-state index contributed by atoms with van der Waals surface area (Å²) in [6, 6.07) is 4.15. The molecule has 0 radical (unpaired) electrons. The number of aromatic nitrogens is 1. The number of rotatable bonds is 9. The van der Waals surface area contributed by atoms with Gasteiger partial charge in [0.05, 0.1) is 12.0 Å². The number of aromatic amines is 1. The quantitative estimate of drug-likeness (QED) is 0.452.